The summed E-state index contributed by atoms with van der Waals surface area (Å²) < 4.78 is 13.4. The van der Waals surface area contributed by atoms with Gasteiger partial charge in [0, 0.05) is 5.33 Å². The molecule has 2 saturated carbocycles. The SMILES string of the molecule is Fc1cc(CC2(CBr)CC3CC3C2)ccc1Cl. The molecule has 0 bridgehead atoms. The van der Waals surface area contributed by atoms with Crippen molar-refractivity contribution in [3.8, 4) is 0 Å². The molecule has 92 valence electrons. The van der Waals surface area contributed by atoms with Gasteiger partial charge < -0.3 is 0 Å². The molecule has 1 aromatic carbocycles. The maximum Gasteiger partial charge on any atom is 0.142 e. The topological polar surface area (TPSA) is 0 Å². The minimum atomic E-state index is -0.294. The fourth-order valence-electron chi connectivity index (χ4n) is 3.39. The molecule has 0 spiro atoms. The Morgan fingerprint density at radius 2 is 2.06 bits per heavy atom. The molecular formula is C14H15BrClF. The lowest BCUT2D eigenvalue weighted by molar-refractivity contribution is 0.308. The van der Waals surface area contributed by atoms with Crippen LogP contribution in [0.5, 0.6) is 0 Å². The van der Waals surface area contributed by atoms with E-state index >= 15 is 0 Å². The van der Waals surface area contributed by atoms with Crippen molar-refractivity contribution in [2.45, 2.75) is 25.7 Å². The summed E-state index contributed by atoms with van der Waals surface area (Å²) >= 11 is 9.36. The van der Waals surface area contributed by atoms with Crippen LogP contribution in [-0.4, -0.2) is 5.33 Å². The van der Waals surface area contributed by atoms with Crippen LogP contribution in [0.3, 0.4) is 0 Å². The summed E-state index contributed by atoms with van der Waals surface area (Å²) in [5.41, 5.74) is 1.43. The molecule has 2 unspecified atom stereocenters. The van der Waals surface area contributed by atoms with Crippen molar-refractivity contribution in [2.75, 3.05) is 5.33 Å². The van der Waals surface area contributed by atoms with Crippen LogP contribution in [0.4, 0.5) is 4.39 Å². The van der Waals surface area contributed by atoms with Crippen LogP contribution in [0.15, 0.2) is 18.2 Å². The Morgan fingerprint density at radius 1 is 1.35 bits per heavy atom. The molecule has 0 aromatic heterocycles. The Morgan fingerprint density at radius 3 is 2.65 bits per heavy atom. The van der Waals surface area contributed by atoms with Gasteiger partial charge in [-0.25, -0.2) is 4.39 Å². The molecule has 0 N–H and O–H groups in total. The van der Waals surface area contributed by atoms with Crippen molar-refractivity contribution in [1.29, 1.82) is 0 Å². The van der Waals surface area contributed by atoms with Gasteiger partial charge in [0.05, 0.1) is 5.02 Å². The first-order chi connectivity index (χ1) is 8.12. The van der Waals surface area contributed by atoms with Gasteiger partial charge in [0.1, 0.15) is 5.82 Å². The van der Waals surface area contributed by atoms with Gasteiger partial charge in [-0.15, -0.1) is 0 Å². The van der Waals surface area contributed by atoms with Gasteiger partial charge in [-0.2, -0.15) is 0 Å². The van der Waals surface area contributed by atoms with E-state index in [0.717, 1.165) is 29.2 Å². The number of hydrogen-bond donors (Lipinski definition) is 0. The molecular weight excluding hydrogens is 303 g/mol. The lowest BCUT2D eigenvalue weighted by Crippen LogP contribution is -2.23. The second-order valence-electron chi connectivity index (χ2n) is 5.72. The summed E-state index contributed by atoms with van der Waals surface area (Å²) in [5, 5.41) is 1.24. The van der Waals surface area contributed by atoms with Gasteiger partial charge in [0.2, 0.25) is 0 Å². The monoisotopic (exact) mass is 316 g/mol. The maximum atomic E-state index is 13.4. The highest BCUT2D eigenvalue weighted by atomic mass is 79.9. The molecule has 3 rings (SSSR count). The molecule has 17 heavy (non-hydrogen) atoms. The summed E-state index contributed by atoms with van der Waals surface area (Å²) in [4.78, 5) is 0. The van der Waals surface area contributed by atoms with Gasteiger partial charge in [0.25, 0.3) is 0 Å². The summed E-state index contributed by atoms with van der Waals surface area (Å²) in [6, 6.07) is 5.22. The fraction of sp³-hybridized carbons (Fsp3) is 0.571. The van der Waals surface area contributed by atoms with Crippen molar-refractivity contribution in [2.24, 2.45) is 17.3 Å². The van der Waals surface area contributed by atoms with E-state index in [4.69, 9.17) is 11.6 Å². The van der Waals surface area contributed by atoms with E-state index in [2.05, 4.69) is 15.9 Å². The third-order valence-electron chi connectivity index (χ3n) is 4.31. The van der Waals surface area contributed by atoms with E-state index in [1.165, 1.54) is 19.3 Å². The van der Waals surface area contributed by atoms with Crippen molar-refractivity contribution in [3.05, 3.63) is 34.6 Å². The highest BCUT2D eigenvalue weighted by Crippen LogP contribution is 2.61. The van der Waals surface area contributed by atoms with Crippen molar-refractivity contribution in [3.63, 3.8) is 0 Å². The summed E-state index contributed by atoms with van der Waals surface area (Å²) in [6.07, 6.45) is 4.99. The normalized spacial score (nSPS) is 34.8. The van der Waals surface area contributed by atoms with Crippen LogP contribution in [0.25, 0.3) is 0 Å². The summed E-state index contributed by atoms with van der Waals surface area (Å²) in [6.45, 7) is 0. The van der Waals surface area contributed by atoms with Gasteiger partial charge in [-0.1, -0.05) is 33.6 Å². The first-order valence-electron chi connectivity index (χ1n) is 6.12. The molecule has 1 aromatic rings. The van der Waals surface area contributed by atoms with E-state index < -0.39 is 0 Å². The van der Waals surface area contributed by atoms with E-state index in [9.17, 15) is 4.39 Å². The first-order valence-corrected chi connectivity index (χ1v) is 7.62. The molecule has 2 atom stereocenters. The molecule has 3 heteroatoms. The number of fused-ring (bicyclic) bond motifs is 1. The summed E-state index contributed by atoms with van der Waals surface area (Å²) in [7, 11) is 0. The number of alkyl halides is 1. The minimum absolute atomic E-state index is 0.218. The van der Waals surface area contributed by atoms with Gasteiger partial charge in [-0.3, -0.25) is 0 Å². The number of halogens is 3. The van der Waals surface area contributed by atoms with E-state index in [0.29, 0.717) is 5.41 Å². The maximum absolute atomic E-state index is 13.4. The van der Waals surface area contributed by atoms with E-state index in [1.54, 1.807) is 12.1 Å². The largest absolute Gasteiger partial charge is 0.205 e. The van der Waals surface area contributed by atoms with Crippen molar-refractivity contribution >= 4 is 27.5 Å². The molecule has 2 aliphatic rings. The second-order valence-corrected chi connectivity index (χ2v) is 6.69. The number of benzene rings is 1. The molecule has 0 amide bonds. The molecule has 0 radical (unpaired) electrons. The highest BCUT2D eigenvalue weighted by molar-refractivity contribution is 9.09. The quantitative estimate of drug-likeness (QED) is 0.700. The van der Waals surface area contributed by atoms with E-state index in [1.807, 2.05) is 6.07 Å². The average molecular weight is 318 g/mol. The van der Waals surface area contributed by atoms with Gasteiger partial charge >= 0.3 is 0 Å². The molecule has 2 aliphatic carbocycles. The Labute approximate surface area is 115 Å². The smallest absolute Gasteiger partial charge is 0.142 e. The number of hydrogen-bond acceptors (Lipinski definition) is 0. The number of rotatable bonds is 3. The predicted molar refractivity (Wildman–Crippen MR) is 72.2 cm³/mol. The van der Waals surface area contributed by atoms with Crippen LogP contribution in [0, 0.1) is 23.1 Å². The average Bonchev–Trinajstić information content (AvgIpc) is 2.93. The van der Waals surface area contributed by atoms with Crippen LogP contribution in [0.1, 0.15) is 24.8 Å². The van der Waals surface area contributed by atoms with Crippen LogP contribution in [-0.2, 0) is 6.42 Å². The highest BCUT2D eigenvalue weighted by Gasteiger charge is 2.52. The van der Waals surface area contributed by atoms with Gasteiger partial charge in [-0.05, 0) is 60.6 Å². The van der Waals surface area contributed by atoms with Gasteiger partial charge in [0.15, 0.2) is 0 Å². The van der Waals surface area contributed by atoms with Crippen LogP contribution < -0.4 is 0 Å². The third-order valence-corrected chi connectivity index (χ3v) is 5.80. The lowest BCUT2D eigenvalue weighted by Gasteiger charge is -2.29. The lowest BCUT2D eigenvalue weighted by atomic mass is 9.79. The van der Waals surface area contributed by atoms with Crippen LogP contribution >= 0.6 is 27.5 Å². The standard InChI is InChI=1S/C14H15BrClF/c15-8-14(6-10-4-11(10)7-14)5-9-1-2-12(16)13(17)3-9/h1-3,10-11H,4-8H2. The van der Waals surface area contributed by atoms with Crippen molar-refractivity contribution in [1.82, 2.24) is 0 Å². The summed E-state index contributed by atoms with van der Waals surface area (Å²) in [5.74, 6) is 1.60. The molecule has 2 fully saturated rings. The Bertz CT molecular complexity index is 436. The zero-order valence-corrected chi connectivity index (χ0v) is 11.9. The third kappa shape index (κ3) is 2.26. The Balaban J connectivity index is 1.78. The Hall–Kier alpha value is -0.0800. The zero-order chi connectivity index (χ0) is 12.0. The molecule has 0 heterocycles. The fourth-order valence-corrected chi connectivity index (χ4v) is 4.16. The first kappa shape index (κ1) is 12.0. The van der Waals surface area contributed by atoms with Crippen molar-refractivity contribution < 1.29 is 4.39 Å². The molecule has 0 aliphatic heterocycles. The second kappa shape index (κ2) is 4.24. The molecule has 0 saturated heterocycles. The minimum Gasteiger partial charge on any atom is -0.205 e. The predicted octanol–water partition coefficient (Wildman–Crippen LogP) is 4.83. The van der Waals surface area contributed by atoms with E-state index in [-0.39, 0.29) is 10.8 Å². The molecule has 0 nitrogen and oxygen atoms in total. The van der Waals surface area contributed by atoms with Crippen LogP contribution in [0.2, 0.25) is 5.02 Å². The Kier molecular flexibility index (Phi) is 2.99. The zero-order valence-electron chi connectivity index (χ0n) is 9.56.